The zero-order valence-electron chi connectivity index (χ0n) is 9.15. The van der Waals surface area contributed by atoms with Crippen molar-refractivity contribution in [2.24, 2.45) is 0 Å². The molecule has 3 nitrogen and oxygen atoms in total. The van der Waals surface area contributed by atoms with Gasteiger partial charge in [-0.15, -0.1) is 11.3 Å². The Kier molecular flexibility index (Phi) is 3.10. The van der Waals surface area contributed by atoms with Crippen LogP contribution in [0.4, 0.5) is 0 Å². The van der Waals surface area contributed by atoms with E-state index in [2.05, 4.69) is 4.74 Å². The second-order valence-corrected chi connectivity index (χ2v) is 4.29. The Balaban J connectivity index is 2.37. The maximum Gasteiger partial charge on any atom is 0.310 e. The van der Waals surface area contributed by atoms with Crippen molar-refractivity contribution in [3.8, 4) is 5.75 Å². The molecule has 0 fully saturated rings. The molecule has 0 aliphatic carbocycles. The third-order valence-electron chi connectivity index (χ3n) is 2.43. The van der Waals surface area contributed by atoms with E-state index in [-0.39, 0.29) is 5.97 Å². The number of thiophene rings is 1. The van der Waals surface area contributed by atoms with E-state index in [1.807, 2.05) is 23.6 Å². The first kappa shape index (κ1) is 11.0. The molecule has 0 atom stereocenters. The summed E-state index contributed by atoms with van der Waals surface area (Å²) in [5.74, 6) is 0.620. The summed E-state index contributed by atoms with van der Waals surface area (Å²) in [7, 11) is 3.05. The first-order valence-electron chi connectivity index (χ1n) is 4.85. The van der Waals surface area contributed by atoms with Gasteiger partial charge >= 0.3 is 5.97 Å². The molecule has 0 spiro atoms. The maximum atomic E-state index is 11.2. The Bertz CT molecular complexity index is 516. The van der Waals surface area contributed by atoms with Crippen LogP contribution in [0.5, 0.6) is 5.75 Å². The van der Waals surface area contributed by atoms with Crippen LogP contribution in [0, 0.1) is 0 Å². The molecule has 4 heteroatoms. The minimum atomic E-state index is -0.212. The fraction of sp³-hybridized carbons (Fsp3) is 0.250. The number of carbonyl (C=O) groups is 1. The molecule has 2 aromatic rings. The Hall–Kier alpha value is -1.55. The van der Waals surface area contributed by atoms with E-state index in [0.717, 1.165) is 21.4 Å². The van der Waals surface area contributed by atoms with Crippen LogP contribution in [0.3, 0.4) is 0 Å². The molecule has 0 unspecified atom stereocenters. The standard InChI is InChI=1S/C12H12O3S/c1-14-9-3-4-10-8(5-12(13)15-2)7-16-11(10)6-9/h3-4,6-7H,5H2,1-2H3. The number of benzene rings is 1. The van der Waals surface area contributed by atoms with E-state index >= 15 is 0 Å². The first-order valence-corrected chi connectivity index (χ1v) is 5.73. The predicted octanol–water partition coefficient (Wildman–Crippen LogP) is 2.63. The summed E-state index contributed by atoms with van der Waals surface area (Å²) in [6.07, 6.45) is 0.322. The highest BCUT2D eigenvalue weighted by Gasteiger charge is 2.09. The van der Waals surface area contributed by atoms with E-state index in [0.29, 0.717) is 6.42 Å². The number of ether oxygens (including phenoxy) is 2. The maximum absolute atomic E-state index is 11.2. The van der Waals surface area contributed by atoms with Gasteiger partial charge in [-0.05, 0) is 34.5 Å². The Morgan fingerprint density at radius 1 is 1.38 bits per heavy atom. The van der Waals surface area contributed by atoms with Crippen molar-refractivity contribution in [2.75, 3.05) is 14.2 Å². The molecule has 0 aliphatic rings. The van der Waals surface area contributed by atoms with Crippen molar-refractivity contribution in [3.63, 3.8) is 0 Å². The molecular weight excluding hydrogens is 224 g/mol. The molecule has 1 aromatic heterocycles. The normalized spacial score (nSPS) is 10.4. The first-order chi connectivity index (χ1) is 7.74. The number of fused-ring (bicyclic) bond motifs is 1. The van der Waals surface area contributed by atoms with E-state index in [4.69, 9.17) is 4.74 Å². The van der Waals surface area contributed by atoms with Crippen LogP contribution in [-0.2, 0) is 16.0 Å². The third kappa shape index (κ3) is 2.02. The zero-order chi connectivity index (χ0) is 11.5. The van der Waals surface area contributed by atoms with Crippen LogP contribution >= 0.6 is 11.3 Å². The van der Waals surface area contributed by atoms with Gasteiger partial charge in [-0.1, -0.05) is 0 Å². The highest BCUT2D eigenvalue weighted by molar-refractivity contribution is 7.17. The Morgan fingerprint density at radius 3 is 2.88 bits per heavy atom. The van der Waals surface area contributed by atoms with Crippen LogP contribution in [0.2, 0.25) is 0 Å². The molecule has 0 amide bonds. The molecule has 0 saturated carbocycles. The fourth-order valence-electron chi connectivity index (χ4n) is 1.56. The van der Waals surface area contributed by atoms with Crippen molar-refractivity contribution in [1.29, 1.82) is 0 Å². The summed E-state index contributed by atoms with van der Waals surface area (Å²) in [6, 6.07) is 5.85. The Morgan fingerprint density at radius 2 is 2.19 bits per heavy atom. The predicted molar refractivity (Wildman–Crippen MR) is 64.1 cm³/mol. The average Bonchev–Trinajstić information content (AvgIpc) is 2.71. The monoisotopic (exact) mass is 236 g/mol. The fourth-order valence-corrected chi connectivity index (χ4v) is 2.54. The van der Waals surface area contributed by atoms with Crippen molar-refractivity contribution < 1.29 is 14.3 Å². The molecular formula is C12H12O3S. The van der Waals surface area contributed by atoms with Crippen LogP contribution < -0.4 is 4.74 Å². The highest BCUT2D eigenvalue weighted by atomic mass is 32.1. The molecule has 1 heterocycles. The highest BCUT2D eigenvalue weighted by Crippen LogP contribution is 2.29. The van der Waals surface area contributed by atoms with Gasteiger partial charge in [0.1, 0.15) is 5.75 Å². The summed E-state index contributed by atoms with van der Waals surface area (Å²) in [5.41, 5.74) is 1.01. The quantitative estimate of drug-likeness (QED) is 0.768. The SMILES string of the molecule is COC(=O)Cc1csc2cc(OC)ccc12. The largest absolute Gasteiger partial charge is 0.497 e. The second-order valence-electron chi connectivity index (χ2n) is 3.38. The Labute approximate surface area is 97.6 Å². The lowest BCUT2D eigenvalue weighted by molar-refractivity contribution is -0.139. The molecule has 0 radical (unpaired) electrons. The summed E-state index contributed by atoms with van der Waals surface area (Å²) in [6.45, 7) is 0. The number of hydrogen-bond donors (Lipinski definition) is 0. The molecule has 0 bridgehead atoms. The lowest BCUT2D eigenvalue weighted by atomic mass is 10.1. The van der Waals surface area contributed by atoms with Crippen molar-refractivity contribution in [1.82, 2.24) is 0 Å². The minimum Gasteiger partial charge on any atom is -0.497 e. The van der Waals surface area contributed by atoms with Gasteiger partial charge in [-0.3, -0.25) is 4.79 Å². The van der Waals surface area contributed by atoms with Gasteiger partial charge in [0.2, 0.25) is 0 Å². The molecule has 16 heavy (non-hydrogen) atoms. The topological polar surface area (TPSA) is 35.5 Å². The average molecular weight is 236 g/mol. The lowest BCUT2D eigenvalue weighted by Crippen LogP contribution is -2.03. The van der Waals surface area contributed by atoms with E-state index in [1.165, 1.54) is 7.11 Å². The second kappa shape index (κ2) is 4.53. The van der Waals surface area contributed by atoms with E-state index in [1.54, 1.807) is 18.4 Å². The smallest absolute Gasteiger partial charge is 0.310 e. The molecule has 84 valence electrons. The summed E-state index contributed by atoms with van der Waals surface area (Å²) < 4.78 is 10.9. The van der Waals surface area contributed by atoms with Gasteiger partial charge in [0.15, 0.2) is 0 Å². The molecule has 0 aliphatic heterocycles. The number of hydrogen-bond acceptors (Lipinski definition) is 4. The van der Waals surface area contributed by atoms with Gasteiger partial charge in [-0.25, -0.2) is 0 Å². The van der Waals surface area contributed by atoms with Gasteiger partial charge < -0.3 is 9.47 Å². The third-order valence-corrected chi connectivity index (χ3v) is 3.42. The van der Waals surface area contributed by atoms with Crippen LogP contribution in [0.25, 0.3) is 10.1 Å². The molecule has 0 saturated heterocycles. The molecule has 1 aromatic carbocycles. The van der Waals surface area contributed by atoms with Gasteiger partial charge in [0, 0.05) is 4.70 Å². The van der Waals surface area contributed by atoms with E-state index in [9.17, 15) is 4.79 Å². The number of methoxy groups -OCH3 is 2. The lowest BCUT2D eigenvalue weighted by Gasteiger charge is -2.00. The number of carbonyl (C=O) groups excluding carboxylic acids is 1. The number of esters is 1. The summed E-state index contributed by atoms with van der Waals surface area (Å²) in [5, 5.41) is 3.08. The van der Waals surface area contributed by atoms with Gasteiger partial charge in [-0.2, -0.15) is 0 Å². The zero-order valence-corrected chi connectivity index (χ0v) is 9.97. The van der Waals surface area contributed by atoms with Crippen molar-refractivity contribution >= 4 is 27.4 Å². The molecule has 2 rings (SSSR count). The summed E-state index contributed by atoms with van der Waals surface area (Å²) >= 11 is 1.61. The van der Waals surface area contributed by atoms with Crippen LogP contribution in [0.1, 0.15) is 5.56 Å². The molecule has 0 N–H and O–H groups in total. The number of rotatable bonds is 3. The van der Waals surface area contributed by atoms with Gasteiger partial charge in [0.05, 0.1) is 20.6 Å². The van der Waals surface area contributed by atoms with Crippen LogP contribution in [-0.4, -0.2) is 20.2 Å². The van der Waals surface area contributed by atoms with Crippen molar-refractivity contribution in [3.05, 3.63) is 29.1 Å². The van der Waals surface area contributed by atoms with Crippen LogP contribution in [0.15, 0.2) is 23.6 Å². The van der Waals surface area contributed by atoms with Crippen molar-refractivity contribution in [2.45, 2.75) is 6.42 Å². The van der Waals surface area contributed by atoms with E-state index < -0.39 is 0 Å². The minimum absolute atomic E-state index is 0.212. The van der Waals surface area contributed by atoms with Gasteiger partial charge in [0.25, 0.3) is 0 Å². The summed E-state index contributed by atoms with van der Waals surface area (Å²) in [4.78, 5) is 11.2.